The Morgan fingerprint density at radius 3 is 2.47 bits per heavy atom. The average Bonchev–Trinajstić information content (AvgIpc) is 3.30. The largest absolute Gasteiger partial charge is 0.358 e. The van der Waals surface area contributed by atoms with Crippen LogP contribution >= 0.6 is 0 Å². The molecule has 0 radical (unpaired) electrons. The lowest BCUT2D eigenvalue weighted by molar-refractivity contribution is -0.116. The van der Waals surface area contributed by atoms with Gasteiger partial charge in [-0.25, -0.2) is 0 Å². The molecule has 1 aliphatic rings. The summed E-state index contributed by atoms with van der Waals surface area (Å²) in [4.78, 5) is 31.5. The molecule has 34 heavy (non-hydrogen) atoms. The first-order chi connectivity index (χ1) is 16.4. The first kappa shape index (κ1) is 22.0. The fraction of sp³-hybridized carbons (Fsp3) is 0.241. The van der Waals surface area contributed by atoms with Crippen LogP contribution in [-0.2, 0) is 4.79 Å². The predicted molar refractivity (Wildman–Crippen MR) is 136 cm³/mol. The Balaban J connectivity index is 1.40. The minimum Gasteiger partial charge on any atom is -0.358 e. The maximum absolute atomic E-state index is 13.4. The van der Waals surface area contributed by atoms with Crippen molar-refractivity contribution in [3.63, 3.8) is 0 Å². The molecule has 0 unspecified atom stereocenters. The summed E-state index contributed by atoms with van der Waals surface area (Å²) in [6.07, 6.45) is 0.226. The van der Waals surface area contributed by atoms with Crippen LogP contribution in [-0.4, -0.2) is 28.2 Å². The number of anilines is 1. The van der Waals surface area contributed by atoms with Gasteiger partial charge in [0.2, 0.25) is 5.91 Å². The van der Waals surface area contributed by atoms with Gasteiger partial charge in [-0.15, -0.1) is 0 Å². The van der Waals surface area contributed by atoms with E-state index in [4.69, 9.17) is 0 Å². The number of hydrogen-bond acceptors (Lipinski definition) is 2. The first-order valence-electron chi connectivity index (χ1n) is 11.8. The third-order valence-electron chi connectivity index (χ3n) is 6.72. The van der Waals surface area contributed by atoms with Crippen LogP contribution in [0.3, 0.4) is 0 Å². The summed E-state index contributed by atoms with van der Waals surface area (Å²) < 4.78 is 0. The molecule has 0 bridgehead atoms. The second-order valence-corrected chi connectivity index (χ2v) is 9.27. The molecule has 0 fully saturated rings. The summed E-state index contributed by atoms with van der Waals surface area (Å²) in [6.45, 7) is 6.68. The molecule has 0 saturated carbocycles. The van der Waals surface area contributed by atoms with Crippen LogP contribution in [0.1, 0.15) is 65.0 Å². The van der Waals surface area contributed by atoms with Gasteiger partial charge in [0, 0.05) is 46.4 Å². The predicted octanol–water partition coefficient (Wildman–Crippen LogP) is 6.17. The zero-order chi connectivity index (χ0) is 23.8. The summed E-state index contributed by atoms with van der Waals surface area (Å²) >= 11 is 0. The van der Waals surface area contributed by atoms with Crippen molar-refractivity contribution in [2.45, 2.75) is 39.2 Å². The number of hydrogen-bond donors (Lipinski definition) is 2. The van der Waals surface area contributed by atoms with E-state index in [1.807, 2.05) is 72.5 Å². The van der Waals surface area contributed by atoms with Gasteiger partial charge in [-0.05, 0) is 48.2 Å². The fourth-order valence-corrected chi connectivity index (χ4v) is 4.96. The van der Waals surface area contributed by atoms with E-state index in [-0.39, 0.29) is 24.3 Å². The quantitative estimate of drug-likeness (QED) is 0.368. The number of para-hydroxylation sites is 1. The van der Waals surface area contributed by atoms with Crippen molar-refractivity contribution in [3.8, 4) is 0 Å². The standard InChI is InChI=1S/C29H29N3O2/c1-18(2)20-12-14-21(15-13-20)31-26(33)16-17-32-28(22-8-4-5-9-23(22)29(32)34)27-19(3)30-25-11-7-6-10-24(25)27/h4-15,18,28,30H,16-17H2,1-3H3,(H,31,33)/t28-/m0/s1. The molecule has 2 amide bonds. The van der Waals surface area contributed by atoms with Crippen molar-refractivity contribution in [2.24, 2.45) is 0 Å². The van der Waals surface area contributed by atoms with Gasteiger partial charge in [-0.1, -0.05) is 62.4 Å². The molecular weight excluding hydrogens is 422 g/mol. The van der Waals surface area contributed by atoms with Gasteiger partial charge >= 0.3 is 0 Å². The van der Waals surface area contributed by atoms with Gasteiger partial charge < -0.3 is 15.2 Å². The van der Waals surface area contributed by atoms with Gasteiger partial charge in [0.1, 0.15) is 0 Å². The number of benzene rings is 3. The van der Waals surface area contributed by atoms with Crippen molar-refractivity contribution in [1.82, 2.24) is 9.88 Å². The van der Waals surface area contributed by atoms with Crippen molar-refractivity contribution >= 4 is 28.4 Å². The van der Waals surface area contributed by atoms with Crippen molar-refractivity contribution in [2.75, 3.05) is 11.9 Å². The Morgan fingerprint density at radius 1 is 1.00 bits per heavy atom. The van der Waals surface area contributed by atoms with Crippen LogP contribution in [0, 0.1) is 6.92 Å². The van der Waals surface area contributed by atoms with E-state index in [1.54, 1.807) is 0 Å². The average molecular weight is 452 g/mol. The first-order valence-corrected chi connectivity index (χ1v) is 11.8. The van der Waals surface area contributed by atoms with Gasteiger partial charge in [0.15, 0.2) is 0 Å². The van der Waals surface area contributed by atoms with Crippen LogP contribution in [0.25, 0.3) is 10.9 Å². The molecule has 0 aliphatic carbocycles. The molecule has 1 aromatic heterocycles. The number of aryl methyl sites for hydroxylation is 1. The highest BCUT2D eigenvalue weighted by molar-refractivity contribution is 6.01. The summed E-state index contributed by atoms with van der Waals surface area (Å²) in [7, 11) is 0. The van der Waals surface area contributed by atoms with Gasteiger partial charge in [0.25, 0.3) is 5.91 Å². The minimum atomic E-state index is -0.224. The number of rotatable bonds is 6. The molecule has 0 spiro atoms. The zero-order valence-electron chi connectivity index (χ0n) is 19.8. The van der Waals surface area contributed by atoms with E-state index in [2.05, 4.69) is 36.3 Å². The molecule has 1 atom stereocenters. The van der Waals surface area contributed by atoms with E-state index < -0.39 is 0 Å². The summed E-state index contributed by atoms with van der Waals surface area (Å²) in [5.74, 6) is 0.312. The van der Waals surface area contributed by atoms with E-state index in [1.165, 1.54) is 5.56 Å². The van der Waals surface area contributed by atoms with Gasteiger partial charge in [-0.3, -0.25) is 9.59 Å². The lowest BCUT2D eigenvalue weighted by atomic mass is 9.95. The fourth-order valence-electron chi connectivity index (χ4n) is 4.96. The van der Waals surface area contributed by atoms with Crippen LogP contribution in [0.15, 0.2) is 72.8 Å². The van der Waals surface area contributed by atoms with E-state index >= 15 is 0 Å². The Hall–Kier alpha value is -3.86. The van der Waals surface area contributed by atoms with E-state index in [0.717, 1.165) is 33.4 Å². The molecular formula is C29H29N3O2. The number of aromatic amines is 1. The molecule has 2 N–H and O–H groups in total. The van der Waals surface area contributed by atoms with Crippen LogP contribution < -0.4 is 5.32 Å². The lowest BCUT2D eigenvalue weighted by Crippen LogP contribution is -2.32. The SMILES string of the molecule is Cc1[nH]c2ccccc2c1[C@@H]1c2ccccc2C(=O)N1CCC(=O)Nc1ccc(C(C)C)cc1. The van der Waals surface area contributed by atoms with E-state index in [0.29, 0.717) is 18.0 Å². The maximum atomic E-state index is 13.4. The molecule has 4 aromatic rings. The second kappa shape index (κ2) is 8.82. The second-order valence-electron chi connectivity index (χ2n) is 9.27. The van der Waals surface area contributed by atoms with Crippen molar-refractivity contribution in [1.29, 1.82) is 0 Å². The number of nitrogens with one attached hydrogen (secondary N) is 2. The Labute approximate surface area is 199 Å². The molecule has 1 aliphatic heterocycles. The highest BCUT2D eigenvalue weighted by atomic mass is 16.2. The van der Waals surface area contributed by atoms with Crippen LogP contribution in [0.5, 0.6) is 0 Å². The highest BCUT2D eigenvalue weighted by Gasteiger charge is 2.39. The molecule has 5 heteroatoms. The third kappa shape index (κ3) is 3.87. The smallest absolute Gasteiger partial charge is 0.255 e. The molecule has 172 valence electrons. The third-order valence-corrected chi connectivity index (χ3v) is 6.72. The van der Waals surface area contributed by atoms with Crippen LogP contribution in [0.2, 0.25) is 0 Å². The van der Waals surface area contributed by atoms with Gasteiger partial charge in [-0.2, -0.15) is 0 Å². The van der Waals surface area contributed by atoms with Gasteiger partial charge in [0.05, 0.1) is 6.04 Å². The maximum Gasteiger partial charge on any atom is 0.255 e. The number of carbonyl (C=O) groups excluding carboxylic acids is 2. The Bertz CT molecular complexity index is 1370. The normalized spacial score (nSPS) is 15.2. The molecule has 5 nitrogen and oxygen atoms in total. The van der Waals surface area contributed by atoms with Crippen molar-refractivity contribution in [3.05, 3.63) is 101 Å². The summed E-state index contributed by atoms with van der Waals surface area (Å²) in [6, 6.07) is 23.7. The van der Waals surface area contributed by atoms with E-state index in [9.17, 15) is 9.59 Å². The Kier molecular flexibility index (Phi) is 5.70. The number of amides is 2. The highest BCUT2D eigenvalue weighted by Crippen LogP contribution is 2.42. The van der Waals surface area contributed by atoms with Crippen LogP contribution in [0.4, 0.5) is 5.69 Å². The number of fused-ring (bicyclic) bond motifs is 2. The van der Waals surface area contributed by atoms with Crippen molar-refractivity contribution < 1.29 is 9.59 Å². The molecule has 5 rings (SSSR count). The monoisotopic (exact) mass is 451 g/mol. The minimum absolute atomic E-state index is 0.0284. The molecule has 2 heterocycles. The zero-order valence-corrected chi connectivity index (χ0v) is 19.8. The molecule has 3 aromatic carbocycles. The topological polar surface area (TPSA) is 65.2 Å². The molecule has 0 saturated heterocycles. The summed E-state index contributed by atoms with van der Waals surface area (Å²) in [5, 5.41) is 4.08. The number of nitrogens with zero attached hydrogens (tertiary/aromatic N) is 1. The number of H-pyrrole nitrogens is 1. The number of aromatic nitrogens is 1. The summed E-state index contributed by atoms with van der Waals surface area (Å²) in [5.41, 5.74) is 6.89. The lowest BCUT2D eigenvalue weighted by Gasteiger charge is -2.26. The number of carbonyl (C=O) groups is 2. The Morgan fingerprint density at radius 2 is 1.71 bits per heavy atom.